The summed E-state index contributed by atoms with van der Waals surface area (Å²) in [7, 11) is 0. The first-order valence-electron chi connectivity index (χ1n) is 8.61. The highest BCUT2D eigenvalue weighted by molar-refractivity contribution is 7.13. The number of phenolic OH excluding ortho intramolecular Hbond substituents is 1. The summed E-state index contributed by atoms with van der Waals surface area (Å²) < 4.78 is 0. The fraction of sp³-hybridized carbons (Fsp3) is 0.286. The number of aromatic nitrogens is 1. The lowest BCUT2D eigenvalue weighted by atomic mass is 10.0. The molecule has 0 fully saturated rings. The van der Waals surface area contributed by atoms with Crippen LogP contribution in [0.25, 0.3) is 21.7 Å². The minimum absolute atomic E-state index is 0.257. The number of hydrogen-bond acceptors (Lipinski definition) is 4. The van der Waals surface area contributed by atoms with Crippen LogP contribution in [0.1, 0.15) is 31.4 Å². The van der Waals surface area contributed by atoms with Crippen molar-refractivity contribution in [2.45, 2.75) is 40.2 Å². The summed E-state index contributed by atoms with van der Waals surface area (Å²) in [4.78, 5) is 6.01. The van der Waals surface area contributed by atoms with Gasteiger partial charge in [-0.25, -0.2) is 4.98 Å². The van der Waals surface area contributed by atoms with E-state index < -0.39 is 0 Å². The van der Waals surface area contributed by atoms with Crippen LogP contribution in [0.5, 0.6) is 5.75 Å². The fourth-order valence-corrected chi connectivity index (χ4v) is 3.67. The second-order valence-corrected chi connectivity index (χ2v) is 7.45. The highest BCUT2D eigenvalue weighted by Crippen LogP contribution is 2.36. The van der Waals surface area contributed by atoms with E-state index in [-0.39, 0.29) is 5.75 Å². The highest BCUT2D eigenvalue weighted by Gasteiger charge is 2.13. The first-order chi connectivity index (χ1) is 12.0. The van der Waals surface area contributed by atoms with E-state index in [0.29, 0.717) is 6.04 Å². The van der Waals surface area contributed by atoms with E-state index in [1.54, 1.807) is 17.4 Å². The molecule has 2 aromatic heterocycles. The van der Waals surface area contributed by atoms with Crippen LogP contribution in [0.15, 0.2) is 41.8 Å². The molecule has 0 aliphatic heterocycles. The summed E-state index contributed by atoms with van der Waals surface area (Å²) in [5, 5.41) is 15.9. The van der Waals surface area contributed by atoms with Crippen molar-refractivity contribution in [2.24, 2.45) is 0 Å². The van der Waals surface area contributed by atoms with Crippen molar-refractivity contribution in [3.8, 4) is 27.4 Å². The second-order valence-electron chi connectivity index (χ2n) is 6.53. The van der Waals surface area contributed by atoms with E-state index in [1.807, 2.05) is 19.1 Å². The maximum Gasteiger partial charge on any atom is 0.127 e. The van der Waals surface area contributed by atoms with Gasteiger partial charge in [0.05, 0.1) is 5.69 Å². The van der Waals surface area contributed by atoms with Gasteiger partial charge in [-0.05, 0) is 74.0 Å². The van der Waals surface area contributed by atoms with E-state index >= 15 is 0 Å². The van der Waals surface area contributed by atoms with E-state index in [0.717, 1.165) is 34.6 Å². The zero-order valence-electron chi connectivity index (χ0n) is 15.1. The molecule has 0 spiro atoms. The van der Waals surface area contributed by atoms with Gasteiger partial charge in [-0.1, -0.05) is 18.6 Å². The molecule has 3 rings (SSSR count). The highest BCUT2D eigenvalue weighted by atomic mass is 32.1. The molecular weight excluding hydrogens is 328 g/mol. The third kappa shape index (κ3) is 3.85. The molecular formula is C21H24N2OS. The maximum atomic E-state index is 10.3. The summed E-state index contributed by atoms with van der Waals surface area (Å²) in [5.74, 6) is 1.10. The van der Waals surface area contributed by atoms with E-state index in [4.69, 9.17) is 4.98 Å². The van der Waals surface area contributed by atoms with E-state index in [9.17, 15) is 5.11 Å². The van der Waals surface area contributed by atoms with Gasteiger partial charge in [0.1, 0.15) is 11.6 Å². The Morgan fingerprint density at radius 3 is 2.64 bits per heavy atom. The van der Waals surface area contributed by atoms with Crippen LogP contribution < -0.4 is 5.32 Å². The molecule has 1 unspecified atom stereocenters. The van der Waals surface area contributed by atoms with Crippen molar-refractivity contribution in [1.82, 2.24) is 4.98 Å². The van der Waals surface area contributed by atoms with Gasteiger partial charge in [-0.2, -0.15) is 0 Å². The molecule has 0 saturated carbocycles. The van der Waals surface area contributed by atoms with Crippen LogP contribution in [-0.2, 0) is 0 Å². The van der Waals surface area contributed by atoms with Crippen LogP contribution in [0.2, 0.25) is 0 Å². The zero-order valence-corrected chi connectivity index (χ0v) is 15.9. The Kier molecular flexibility index (Phi) is 5.09. The summed E-state index contributed by atoms with van der Waals surface area (Å²) in [6, 6.07) is 12.3. The number of pyridine rings is 1. The van der Waals surface area contributed by atoms with Crippen LogP contribution in [0.3, 0.4) is 0 Å². The molecule has 4 heteroatoms. The molecule has 3 nitrogen and oxygen atoms in total. The molecule has 0 aliphatic carbocycles. The SMILES string of the molecule is CCC(C)Nc1cc(-c2sccc2C)cc(-c2cc(C)ccc2O)n1. The average Bonchev–Trinajstić information content (AvgIpc) is 3.02. The second kappa shape index (κ2) is 7.28. The smallest absolute Gasteiger partial charge is 0.127 e. The largest absolute Gasteiger partial charge is 0.507 e. The summed E-state index contributed by atoms with van der Waals surface area (Å²) >= 11 is 1.73. The molecule has 2 N–H and O–H groups in total. The maximum absolute atomic E-state index is 10.3. The van der Waals surface area contributed by atoms with Gasteiger partial charge in [-0.3, -0.25) is 0 Å². The third-order valence-electron chi connectivity index (χ3n) is 4.38. The molecule has 0 radical (unpaired) electrons. The monoisotopic (exact) mass is 352 g/mol. The lowest BCUT2D eigenvalue weighted by Gasteiger charge is -2.15. The van der Waals surface area contributed by atoms with Crippen molar-refractivity contribution >= 4 is 17.2 Å². The number of nitrogens with one attached hydrogen (secondary N) is 1. The van der Waals surface area contributed by atoms with Gasteiger partial charge in [0.25, 0.3) is 0 Å². The van der Waals surface area contributed by atoms with Crippen molar-refractivity contribution < 1.29 is 5.11 Å². The quantitative estimate of drug-likeness (QED) is 0.591. The normalized spacial score (nSPS) is 12.2. The van der Waals surface area contributed by atoms with Gasteiger partial charge in [0.2, 0.25) is 0 Å². The van der Waals surface area contributed by atoms with Crippen molar-refractivity contribution in [3.05, 3.63) is 52.9 Å². The standard InChI is InChI=1S/C21H24N2OS/c1-5-15(4)22-20-12-16(21-14(3)8-9-25-21)11-18(23-20)17-10-13(2)6-7-19(17)24/h6-12,15,24H,5H2,1-4H3,(H,22,23). The molecule has 0 saturated heterocycles. The van der Waals surface area contributed by atoms with Crippen LogP contribution >= 0.6 is 11.3 Å². The number of aromatic hydroxyl groups is 1. The Bertz CT molecular complexity index is 885. The number of anilines is 1. The first kappa shape index (κ1) is 17.5. The predicted molar refractivity (Wildman–Crippen MR) is 108 cm³/mol. The predicted octanol–water partition coefficient (Wildman–Crippen LogP) is 6.01. The van der Waals surface area contributed by atoms with Crippen LogP contribution in [0.4, 0.5) is 5.82 Å². The Hall–Kier alpha value is -2.33. The molecule has 3 aromatic rings. The van der Waals surface area contributed by atoms with E-state index in [1.165, 1.54) is 10.4 Å². The number of thiophene rings is 1. The third-order valence-corrected chi connectivity index (χ3v) is 5.45. The lowest BCUT2D eigenvalue weighted by Crippen LogP contribution is -2.14. The molecule has 25 heavy (non-hydrogen) atoms. The Morgan fingerprint density at radius 1 is 1.16 bits per heavy atom. The number of nitrogens with zero attached hydrogens (tertiary/aromatic N) is 1. The van der Waals surface area contributed by atoms with Crippen LogP contribution in [0, 0.1) is 13.8 Å². The number of hydrogen-bond donors (Lipinski definition) is 2. The van der Waals surface area contributed by atoms with Gasteiger partial charge in [0, 0.05) is 16.5 Å². The van der Waals surface area contributed by atoms with E-state index in [2.05, 4.69) is 49.7 Å². The van der Waals surface area contributed by atoms with Crippen molar-refractivity contribution in [3.63, 3.8) is 0 Å². The van der Waals surface area contributed by atoms with Gasteiger partial charge < -0.3 is 10.4 Å². The Balaban J connectivity index is 2.15. The molecule has 1 aromatic carbocycles. The molecule has 1 atom stereocenters. The Morgan fingerprint density at radius 2 is 1.96 bits per heavy atom. The summed E-state index contributed by atoms with van der Waals surface area (Å²) in [6.07, 6.45) is 1.02. The van der Waals surface area contributed by atoms with Crippen LogP contribution in [-0.4, -0.2) is 16.1 Å². The van der Waals surface area contributed by atoms with Gasteiger partial charge in [-0.15, -0.1) is 11.3 Å². The molecule has 0 amide bonds. The average molecular weight is 353 g/mol. The minimum Gasteiger partial charge on any atom is -0.507 e. The molecule has 2 heterocycles. The zero-order chi connectivity index (χ0) is 18.0. The number of rotatable bonds is 5. The lowest BCUT2D eigenvalue weighted by molar-refractivity contribution is 0.477. The molecule has 130 valence electrons. The van der Waals surface area contributed by atoms with Crippen molar-refractivity contribution in [1.29, 1.82) is 0 Å². The Labute approximate surface area is 153 Å². The van der Waals surface area contributed by atoms with Gasteiger partial charge in [0.15, 0.2) is 0 Å². The molecule has 0 bridgehead atoms. The van der Waals surface area contributed by atoms with Gasteiger partial charge >= 0.3 is 0 Å². The number of aryl methyl sites for hydroxylation is 2. The summed E-state index contributed by atoms with van der Waals surface area (Å²) in [6.45, 7) is 8.44. The number of phenols is 1. The number of benzene rings is 1. The minimum atomic E-state index is 0.257. The summed E-state index contributed by atoms with van der Waals surface area (Å²) in [5.41, 5.74) is 5.04. The van der Waals surface area contributed by atoms with Crippen molar-refractivity contribution in [2.75, 3.05) is 5.32 Å². The molecule has 0 aliphatic rings. The fourth-order valence-electron chi connectivity index (χ4n) is 2.75. The first-order valence-corrected chi connectivity index (χ1v) is 9.49. The topological polar surface area (TPSA) is 45.1 Å².